The van der Waals surface area contributed by atoms with Gasteiger partial charge in [-0.15, -0.1) is 24.0 Å². The van der Waals surface area contributed by atoms with Crippen LogP contribution in [0.3, 0.4) is 0 Å². The molecule has 0 aliphatic carbocycles. The van der Waals surface area contributed by atoms with E-state index in [1.165, 1.54) is 0 Å². The monoisotopic (exact) mass is 557 g/mol. The van der Waals surface area contributed by atoms with Crippen molar-refractivity contribution < 1.29 is 9.90 Å². The molecule has 1 aliphatic heterocycles. The van der Waals surface area contributed by atoms with E-state index in [1.807, 2.05) is 43.3 Å². The first-order valence-corrected chi connectivity index (χ1v) is 10.4. The van der Waals surface area contributed by atoms with Crippen molar-refractivity contribution >= 4 is 58.8 Å². The van der Waals surface area contributed by atoms with Crippen molar-refractivity contribution in [1.29, 1.82) is 0 Å². The molecule has 0 radical (unpaired) electrons. The summed E-state index contributed by atoms with van der Waals surface area (Å²) in [5.41, 5.74) is 2.52. The van der Waals surface area contributed by atoms with Gasteiger partial charge < -0.3 is 25.5 Å². The molecule has 1 amide bonds. The molecule has 31 heavy (non-hydrogen) atoms. The fourth-order valence-electron chi connectivity index (χ4n) is 3.45. The average molecular weight is 558 g/mol. The minimum absolute atomic E-state index is 0. The van der Waals surface area contributed by atoms with Gasteiger partial charge in [0.2, 0.25) is 5.91 Å². The van der Waals surface area contributed by atoms with Gasteiger partial charge in [0.25, 0.3) is 0 Å². The molecule has 2 aromatic rings. The van der Waals surface area contributed by atoms with Gasteiger partial charge >= 0.3 is 0 Å². The van der Waals surface area contributed by atoms with Crippen LogP contribution in [0.5, 0.6) is 5.75 Å². The van der Waals surface area contributed by atoms with Gasteiger partial charge in [0.15, 0.2) is 5.96 Å². The minimum Gasteiger partial charge on any atom is -0.506 e. The smallest absolute Gasteiger partial charge is 0.226 e. The van der Waals surface area contributed by atoms with Crippen molar-refractivity contribution in [2.24, 2.45) is 4.99 Å². The molecular weight excluding hydrogens is 529 g/mol. The summed E-state index contributed by atoms with van der Waals surface area (Å²) in [5, 5.41) is 16.7. The molecule has 3 rings (SSSR count). The number of aliphatic imine (C=N–C) groups is 1. The third kappa shape index (κ3) is 6.90. The summed E-state index contributed by atoms with van der Waals surface area (Å²) in [7, 11) is 1.74. The lowest BCUT2D eigenvalue weighted by molar-refractivity contribution is -0.116. The second-order valence-electron chi connectivity index (χ2n) is 7.22. The number of halogens is 2. The summed E-state index contributed by atoms with van der Waals surface area (Å²) in [6.45, 7) is 5.55. The number of amides is 1. The maximum Gasteiger partial charge on any atom is 0.226 e. The molecule has 2 aromatic carbocycles. The summed E-state index contributed by atoms with van der Waals surface area (Å²) in [4.78, 5) is 20.9. The maximum atomic E-state index is 12.2. The molecule has 168 valence electrons. The highest BCUT2D eigenvalue weighted by atomic mass is 127. The van der Waals surface area contributed by atoms with Crippen LogP contribution in [0.25, 0.3) is 0 Å². The zero-order chi connectivity index (χ0) is 21.5. The number of nitrogens with one attached hydrogen (secondary N) is 2. The first kappa shape index (κ1) is 25.1. The third-order valence-corrected chi connectivity index (χ3v) is 5.36. The number of rotatable bonds is 5. The molecule has 0 bridgehead atoms. The molecule has 0 unspecified atom stereocenters. The van der Waals surface area contributed by atoms with Gasteiger partial charge in [0, 0.05) is 46.2 Å². The van der Waals surface area contributed by atoms with E-state index in [-0.39, 0.29) is 29.9 Å². The predicted octanol–water partition coefficient (Wildman–Crippen LogP) is 3.70. The Kier molecular flexibility index (Phi) is 9.70. The number of nitrogens with zero attached hydrogens (tertiary/aromatic N) is 3. The molecule has 0 atom stereocenters. The van der Waals surface area contributed by atoms with Crippen LogP contribution in [-0.4, -0.2) is 61.6 Å². The van der Waals surface area contributed by atoms with Crippen molar-refractivity contribution in [1.82, 2.24) is 10.2 Å². The predicted molar refractivity (Wildman–Crippen MR) is 138 cm³/mol. The zero-order valence-electron chi connectivity index (χ0n) is 17.8. The van der Waals surface area contributed by atoms with Crippen molar-refractivity contribution in [2.45, 2.75) is 13.3 Å². The second kappa shape index (κ2) is 12.0. The Morgan fingerprint density at radius 2 is 1.87 bits per heavy atom. The van der Waals surface area contributed by atoms with E-state index in [2.05, 4.69) is 25.4 Å². The Bertz CT molecular complexity index is 917. The lowest BCUT2D eigenvalue weighted by Gasteiger charge is -2.37. The quantitative estimate of drug-likeness (QED) is 0.297. The maximum absolute atomic E-state index is 12.2. The Morgan fingerprint density at radius 3 is 2.52 bits per heavy atom. The lowest BCUT2D eigenvalue weighted by atomic mass is 10.2. The molecule has 0 saturated carbocycles. The Hall–Kier alpha value is -2.20. The van der Waals surface area contributed by atoms with Crippen molar-refractivity contribution in [3.05, 3.63) is 53.1 Å². The highest BCUT2D eigenvalue weighted by molar-refractivity contribution is 14.0. The van der Waals surface area contributed by atoms with Crippen LogP contribution >= 0.6 is 35.6 Å². The number of carbonyl (C=O) groups is 1. The number of hydrogen-bond acceptors (Lipinski definition) is 4. The summed E-state index contributed by atoms with van der Waals surface area (Å²) in [6.07, 6.45) is 0.307. The van der Waals surface area contributed by atoms with Gasteiger partial charge in [0.05, 0.1) is 16.4 Å². The number of anilines is 2. The number of para-hydroxylation sites is 2. The van der Waals surface area contributed by atoms with Crippen molar-refractivity contribution in [3.63, 3.8) is 0 Å². The number of aromatic hydroxyl groups is 1. The molecule has 7 nitrogen and oxygen atoms in total. The number of benzene rings is 2. The fraction of sp³-hybridized carbons (Fsp3) is 0.364. The Morgan fingerprint density at radius 1 is 1.16 bits per heavy atom. The van der Waals surface area contributed by atoms with Crippen LogP contribution in [0, 0.1) is 6.92 Å². The van der Waals surface area contributed by atoms with Gasteiger partial charge in [-0.3, -0.25) is 9.79 Å². The highest BCUT2D eigenvalue weighted by Gasteiger charge is 2.21. The van der Waals surface area contributed by atoms with Gasteiger partial charge in [0.1, 0.15) is 5.75 Å². The molecule has 0 spiro atoms. The van der Waals surface area contributed by atoms with Crippen LogP contribution in [0.2, 0.25) is 5.02 Å². The number of aryl methyl sites for hydroxylation is 1. The molecule has 9 heteroatoms. The molecule has 1 saturated heterocycles. The van der Waals surface area contributed by atoms with Crippen LogP contribution in [0.4, 0.5) is 11.4 Å². The van der Waals surface area contributed by atoms with E-state index in [1.54, 1.807) is 13.1 Å². The van der Waals surface area contributed by atoms with Gasteiger partial charge in [-0.1, -0.05) is 29.8 Å². The van der Waals surface area contributed by atoms with E-state index in [9.17, 15) is 9.90 Å². The van der Waals surface area contributed by atoms with E-state index in [0.29, 0.717) is 29.4 Å². The van der Waals surface area contributed by atoms with Crippen LogP contribution in [-0.2, 0) is 4.79 Å². The first-order chi connectivity index (χ1) is 14.5. The van der Waals surface area contributed by atoms with Crippen LogP contribution in [0.15, 0.2) is 47.5 Å². The SMILES string of the molecule is CN=C(NCCC(=O)Nc1ccc(C)cc1Cl)N1CCN(c2ccccc2O)CC1.I. The highest BCUT2D eigenvalue weighted by Crippen LogP contribution is 2.27. The Labute approximate surface area is 205 Å². The van der Waals surface area contributed by atoms with E-state index >= 15 is 0 Å². The van der Waals surface area contributed by atoms with Crippen LogP contribution < -0.4 is 15.5 Å². The molecule has 3 N–H and O–H groups in total. The van der Waals surface area contributed by atoms with Crippen LogP contribution in [0.1, 0.15) is 12.0 Å². The summed E-state index contributed by atoms with van der Waals surface area (Å²) in [6, 6.07) is 12.9. The minimum atomic E-state index is -0.104. The average Bonchev–Trinajstić information content (AvgIpc) is 2.74. The number of guanidine groups is 1. The van der Waals surface area contributed by atoms with E-state index in [0.717, 1.165) is 43.4 Å². The number of phenols is 1. The van der Waals surface area contributed by atoms with Crippen molar-refractivity contribution in [3.8, 4) is 5.75 Å². The van der Waals surface area contributed by atoms with Gasteiger partial charge in [-0.2, -0.15) is 0 Å². The van der Waals surface area contributed by atoms with Crippen molar-refractivity contribution in [2.75, 3.05) is 50.0 Å². The normalized spacial score (nSPS) is 14.1. The number of hydrogen-bond donors (Lipinski definition) is 3. The fourth-order valence-corrected chi connectivity index (χ4v) is 3.73. The number of piperazine rings is 1. The second-order valence-corrected chi connectivity index (χ2v) is 7.63. The van der Waals surface area contributed by atoms with E-state index in [4.69, 9.17) is 11.6 Å². The summed E-state index contributed by atoms with van der Waals surface area (Å²) < 4.78 is 0. The standard InChI is InChI=1S/C22H28ClN5O2.HI/c1-16-7-8-18(17(23)15-16)26-21(30)9-10-25-22(24-2)28-13-11-27(12-14-28)19-5-3-4-6-20(19)29;/h3-8,15,29H,9-14H2,1-2H3,(H,24,25)(H,26,30);1H. The number of carbonyl (C=O) groups excluding carboxylic acids is 1. The third-order valence-electron chi connectivity index (χ3n) is 5.05. The molecule has 1 fully saturated rings. The molecular formula is C22H29ClIN5O2. The Balaban J connectivity index is 0.00000341. The first-order valence-electron chi connectivity index (χ1n) is 10.0. The van der Waals surface area contributed by atoms with E-state index < -0.39 is 0 Å². The topological polar surface area (TPSA) is 80.2 Å². The summed E-state index contributed by atoms with van der Waals surface area (Å²) in [5.74, 6) is 0.967. The molecule has 0 aromatic heterocycles. The lowest BCUT2D eigenvalue weighted by Crippen LogP contribution is -2.52. The van der Waals surface area contributed by atoms with Gasteiger partial charge in [-0.05, 0) is 36.8 Å². The molecule has 1 aliphatic rings. The number of phenolic OH excluding ortho intramolecular Hbond substituents is 1. The largest absolute Gasteiger partial charge is 0.506 e. The van der Waals surface area contributed by atoms with Gasteiger partial charge in [-0.25, -0.2) is 0 Å². The molecule has 1 heterocycles. The zero-order valence-corrected chi connectivity index (χ0v) is 20.9. The summed E-state index contributed by atoms with van der Waals surface area (Å²) >= 11 is 6.17.